The zero-order chi connectivity index (χ0) is 18.9. The highest BCUT2D eigenvalue weighted by Crippen LogP contribution is 2.31. The highest BCUT2D eigenvalue weighted by molar-refractivity contribution is 7.88. The number of carbonyl (C=O) groups is 2. The van der Waals surface area contributed by atoms with E-state index in [1.165, 1.54) is 9.21 Å². The van der Waals surface area contributed by atoms with Crippen molar-refractivity contribution in [2.75, 3.05) is 33.7 Å². The number of amides is 2. The first-order valence-electron chi connectivity index (χ1n) is 8.80. The highest BCUT2D eigenvalue weighted by Gasteiger charge is 2.44. The van der Waals surface area contributed by atoms with E-state index in [2.05, 4.69) is 0 Å². The van der Waals surface area contributed by atoms with E-state index < -0.39 is 10.0 Å². The Balaban J connectivity index is 1.78. The number of piperidine rings is 1. The van der Waals surface area contributed by atoms with Gasteiger partial charge in [-0.3, -0.25) is 9.59 Å². The molecule has 0 aliphatic carbocycles. The Kier molecular flexibility index (Phi) is 5.34. The molecule has 2 bridgehead atoms. The van der Waals surface area contributed by atoms with E-state index >= 15 is 0 Å². The summed E-state index contributed by atoms with van der Waals surface area (Å²) < 4.78 is 27.2. The molecule has 0 radical (unpaired) electrons. The van der Waals surface area contributed by atoms with Crippen LogP contribution in [0.15, 0.2) is 30.3 Å². The molecule has 0 saturated carbocycles. The summed E-state index contributed by atoms with van der Waals surface area (Å²) in [6, 6.07) is 8.81. The van der Waals surface area contributed by atoms with Gasteiger partial charge in [-0.2, -0.15) is 4.31 Å². The van der Waals surface area contributed by atoms with Crippen molar-refractivity contribution in [3.05, 3.63) is 35.9 Å². The van der Waals surface area contributed by atoms with Gasteiger partial charge in [0.25, 0.3) is 0 Å². The number of hydrogen-bond donors (Lipinski definition) is 0. The minimum absolute atomic E-state index is 0.0135. The standard InChI is InChI=1S/C18H25N3O4S/c1-19(2)17(22)12-21-16-9-8-15(18(21)23)10-20(11-16)26(24,25)13-14-6-4-3-5-7-14/h3-7,15-16H,8-13H2,1-2H3/t15-,16+/m1/s1. The molecule has 3 aliphatic heterocycles. The number of hydrogen-bond acceptors (Lipinski definition) is 4. The van der Waals surface area contributed by atoms with E-state index in [0.29, 0.717) is 6.42 Å². The van der Waals surface area contributed by atoms with E-state index in [1.54, 1.807) is 31.1 Å². The molecule has 2 amide bonds. The molecule has 3 heterocycles. The van der Waals surface area contributed by atoms with Gasteiger partial charge in [0.15, 0.2) is 0 Å². The molecule has 2 atom stereocenters. The summed E-state index contributed by atoms with van der Waals surface area (Å²) in [6.07, 6.45) is 1.40. The molecule has 142 valence electrons. The Hall–Kier alpha value is -1.93. The van der Waals surface area contributed by atoms with E-state index in [0.717, 1.165) is 12.0 Å². The van der Waals surface area contributed by atoms with Gasteiger partial charge in [-0.25, -0.2) is 8.42 Å². The monoisotopic (exact) mass is 379 g/mol. The average Bonchev–Trinajstić information content (AvgIpc) is 2.89. The Morgan fingerprint density at radius 2 is 1.85 bits per heavy atom. The molecule has 0 spiro atoms. The van der Waals surface area contributed by atoms with Gasteiger partial charge in [0.05, 0.1) is 11.7 Å². The van der Waals surface area contributed by atoms with Crippen molar-refractivity contribution in [3.63, 3.8) is 0 Å². The summed E-state index contributed by atoms with van der Waals surface area (Å²) >= 11 is 0. The molecule has 8 heteroatoms. The van der Waals surface area contributed by atoms with Gasteiger partial charge in [0, 0.05) is 33.2 Å². The van der Waals surface area contributed by atoms with E-state index in [1.807, 2.05) is 18.2 Å². The van der Waals surface area contributed by atoms with E-state index in [-0.39, 0.29) is 49.2 Å². The van der Waals surface area contributed by atoms with Crippen molar-refractivity contribution in [1.29, 1.82) is 0 Å². The molecule has 3 saturated heterocycles. The van der Waals surface area contributed by atoms with Crippen LogP contribution in [-0.4, -0.2) is 74.1 Å². The Labute approximate surface area is 154 Å². The van der Waals surface area contributed by atoms with Crippen molar-refractivity contribution in [2.24, 2.45) is 5.92 Å². The van der Waals surface area contributed by atoms with Gasteiger partial charge < -0.3 is 9.80 Å². The number of nitrogens with zero attached hydrogens (tertiary/aromatic N) is 3. The van der Waals surface area contributed by atoms with Crippen LogP contribution in [0.4, 0.5) is 0 Å². The lowest BCUT2D eigenvalue weighted by molar-refractivity contribution is -0.145. The summed E-state index contributed by atoms with van der Waals surface area (Å²) in [6.45, 7) is 0.481. The minimum Gasteiger partial charge on any atom is -0.347 e. The first kappa shape index (κ1) is 18.8. The molecule has 0 unspecified atom stereocenters. The molecule has 1 aromatic rings. The summed E-state index contributed by atoms with van der Waals surface area (Å²) in [4.78, 5) is 27.8. The fourth-order valence-corrected chi connectivity index (χ4v) is 5.20. The van der Waals surface area contributed by atoms with E-state index in [4.69, 9.17) is 0 Å². The van der Waals surface area contributed by atoms with Crippen molar-refractivity contribution < 1.29 is 18.0 Å². The molecule has 4 rings (SSSR count). The van der Waals surface area contributed by atoms with Crippen LogP contribution in [0.2, 0.25) is 0 Å². The zero-order valence-corrected chi connectivity index (χ0v) is 16.0. The number of rotatable bonds is 5. The van der Waals surface area contributed by atoms with Crippen molar-refractivity contribution >= 4 is 21.8 Å². The summed E-state index contributed by atoms with van der Waals surface area (Å²) in [5.74, 6) is -0.689. The van der Waals surface area contributed by atoms with Gasteiger partial charge in [-0.05, 0) is 18.4 Å². The number of sulfonamides is 1. The van der Waals surface area contributed by atoms with Gasteiger partial charge in [0.2, 0.25) is 21.8 Å². The second-order valence-electron chi connectivity index (χ2n) is 7.24. The maximum Gasteiger partial charge on any atom is 0.241 e. The summed E-state index contributed by atoms with van der Waals surface area (Å²) in [5, 5.41) is 0. The SMILES string of the molecule is CN(C)C(=O)CN1C(=O)[C@@H]2CC[C@H]1CN(S(=O)(=O)Cc1ccccc1)C2. The van der Waals surface area contributed by atoms with E-state index in [9.17, 15) is 18.0 Å². The van der Waals surface area contributed by atoms with Crippen LogP contribution < -0.4 is 0 Å². The Bertz CT molecular complexity index is 779. The third-order valence-corrected chi connectivity index (χ3v) is 6.93. The fourth-order valence-electron chi connectivity index (χ4n) is 3.60. The Morgan fingerprint density at radius 1 is 1.15 bits per heavy atom. The molecular formula is C18H25N3O4S. The number of carbonyl (C=O) groups excluding carboxylic acids is 2. The van der Waals surface area contributed by atoms with Crippen LogP contribution in [0.3, 0.4) is 0 Å². The number of likely N-dealkylation sites (N-methyl/N-ethyl adjacent to an activating group) is 1. The Morgan fingerprint density at radius 3 is 2.50 bits per heavy atom. The summed E-state index contributed by atoms with van der Waals surface area (Å²) in [7, 11) is -0.214. The first-order valence-corrected chi connectivity index (χ1v) is 10.4. The molecule has 26 heavy (non-hydrogen) atoms. The lowest BCUT2D eigenvalue weighted by atomic mass is 9.94. The fraction of sp³-hybridized carbons (Fsp3) is 0.556. The molecule has 0 N–H and O–H groups in total. The van der Waals surface area contributed by atoms with Gasteiger partial charge in [-0.15, -0.1) is 0 Å². The molecule has 1 aromatic carbocycles. The van der Waals surface area contributed by atoms with Gasteiger partial charge in [0.1, 0.15) is 6.54 Å². The molecule has 0 aromatic heterocycles. The highest BCUT2D eigenvalue weighted by atomic mass is 32.2. The van der Waals surface area contributed by atoms with Crippen LogP contribution in [0.25, 0.3) is 0 Å². The minimum atomic E-state index is -3.52. The van der Waals surface area contributed by atoms with Crippen LogP contribution in [0.1, 0.15) is 18.4 Å². The van der Waals surface area contributed by atoms with Crippen molar-refractivity contribution in [2.45, 2.75) is 24.6 Å². The largest absolute Gasteiger partial charge is 0.347 e. The maximum absolute atomic E-state index is 12.9. The molecule has 3 fully saturated rings. The maximum atomic E-state index is 12.9. The number of fused-ring (bicyclic) bond motifs is 4. The van der Waals surface area contributed by atoms with Crippen molar-refractivity contribution in [3.8, 4) is 0 Å². The third-order valence-electron chi connectivity index (χ3n) is 5.15. The van der Waals surface area contributed by atoms with Crippen LogP contribution in [0.5, 0.6) is 0 Å². The van der Waals surface area contributed by atoms with Gasteiger partial charge in [-0.1, -0.05) is 30.3 Å². The second kappa shape index (κ2) is 7.36. The van der Waals surface area contributed by atoms with Crippen LogP contribution in [0, 0.1) is 5.92 Å². The first-order chi connectivity index (χ1) is 12.3. The lowest BCUT2D eigenvalue weighted by Gasteiger charge is -2.36. The summed E-state index contributed by atoms with van der Waals surface area (Å²) in [5.41, 5.74) is 0.732. The van der Waals surface area contributed by atoms with Crippen molar-refractivity contribution in [1.82, 2.24) is 14.1 Å². The molecule has 7 nitrogen and oxygen atoms in total. The average molecular weight is 379 g/mol. The predicted molar refractivity (Wildman–Crippen MR) is 97.6 cm³/mol. The van der Waals surface area contributed by atoms with Crippen LogP contribution in [-0.2, 0) is 25.4 Å². The molecular weight excluding hydrogens is 354 g/mol. The number of benzene rings is 1. The zero-order valence-electron chi connectivity index (χ0n) is 15.2. The molecule has 3 aliphatic rings. The quantitative estimate of drug-likeness (QED) is 0.748. The lowest BCUT2D eigenvalue weighted by Crippen LogP contribution is -2.51. The topological polar surface area (TPSA) is 78.0 Å². The normalized spacial score (nSPS) is 23.8. The third kappa shape index (κ3) is 3.91. The van der Waals surface area contributed by atoms with Crippen LogP contribution >= 0.6 is 0 Å². The smallest absolute Gasteiger partial charge is 0.241 e. The second-order valence-corrected chi connectivity index (χ2v) is 9.21. The predicted octanol–water partition coefficient (Wildman–Crippen LogP) is 0.527. The van der Waals surface area contributed by atoms with Gasteiger partial charge >= 0.3 is 0 Å².